The Morgan fingerprint density at radius 2 is 1.57 bits per heavy atom. The second-order valence-corrected chi connectivity index (χ2v) is 7.73. The molecule has 2 aliphatic rings. The van der Waals surface area contributed by atoms with E-state index in [0.717, 1.165) is 37.9 Å². The predicted molar refractivity (Wildman–Crippen MR) is 108 cm³/mol. The van der Waals surface area contributed by atoms with Crippen molar-refractivity contribution >= 4 is 6.09 Å². The predicted octanol–water partition coefficient (Wildman–Crippen LogP) is 3.73. The van der Waals surface area contributed by atoms with Gasteiger partial charge in [-0.3, -0.25) is 0 Å². The van der Waals surface area contributed by atoms with Crippen molar-refractivity contribution in [1.29, 1.82) is 0 Å². The number of carbonyl (C=O) groups excluding carboxylic acids is 1. The number of amides is 1. The van der Waals surface area contributed by atoms with Crippen molar-refractivity contribution in [3.8, 4) is 0 Å². The summed E-state index contributed by atoms with van der Waals surface area (Å²) in [5.41, 5.74) is 2.24. The van der Waals surface area contributed by atoms with Gasteiger partial charge >= 0.3 is 6.09 Å². The maximum absolute atomic E-state index is 12.3. The summed E-state index contributed by atoms with van der Waals surface area (Å²) in [6.45, 7) is 2.49. The first-order valence-electron chi connectivity index (χ1n) is 10.1. The van der Waals surface area contributed by atoms with Gasteiger partial charge in [-0.05, 0) is 30.4 Å². The zero-order valence-corrected chi connectivity index (χ0v) is 16.1. The van der Waals surface area contributed by atoms with Crippen LogP contribution < -0.4 is 5.32 Å². The molecule has 28 heavy (non-hydrogen) atoms. The minimum absolute atomic E-state index is 0.217. The Morgan fingerprint density at radius 3 is 2.25 bits per heavy atom. The number of hydrogen-bond donors (Lipinski definition) is 1. The van der Waals surface area contributed by atoms with Crippen molar-refractivity contribution in [2.75, 3.05) is 13.1 Å². The molecule has 1 aliphatic carbocycles. The van der Waals surface area contributed by atoms with Gasteiger partial charge in [0.05, 0.1) is 12.7 Å². The Balaban J connectivity index is 1.11. The molecule has 0 radical (unpaired) electrons. The second kappa shape index (κ2) is 9.22. The van der Waals surface area contributed by atoms with Crippen LogP contribution in [0.3, 0.4) is 0 Å². The van der Waals surface area contributed by atoms with Crippen LogP contribution in [0.1, 0.15) is 30.4 Å². The molecule has 0 bridgehead atoms. The van der Waals surface area contributed by atoms with Crippen LogP contribution in [0.25, 0.3) is 0 Å². The van der Waals surface area contributed by atoms with E-state index in [1.165, 1.54) is 5.56 Å². The number of hydrogen-bond acceptors (Lipinski definition) is 4. The molecule has 5 nitrogen and oxygen atoms in total. The lowest BCUT2D eigenvalue weighted by molar-refractivity contribution is -0.0285. The molecular formula is C23H28N2O3. The fraction of sp³-hybridized carbons (Fsp3) is 0.435. The van der Waals surface area contributed by atoms with Crippen LogP contribution in [0, 0.1) is 0 Å². The van der Waals surface area contributed by atoms with Gasteiger partial charge in [-0.1, -0.05) is 60.7 Å². The summed E-state index contributed by atoms with van der Waals surface area (Å²) >= 11 is 0. The lowest BCUT2D eigenvalue weighted by Crippen LogP contribution is -2.50. The number of carbonyl (C=O) groups is 1. The van der Waals surface area contributed by atoms with Gasteiger partial charge in [-0.25, -0.2) is 4.79 Å². The summed E-state index contributed by atoms with van der Waals surface area (Å²) in [4.78, 5) is 14.1. The minimum atomic E-state index is -0.217. The molecule has 1 atom stereocenters. The van der Waals surface area contributed by atoms with Gasteiger partial charge in [0.25, 0.3) is 0 Å². The van der Waals surface area contributed by atoms with E-state index in [2.05, 4.69) is 17.4 Å². The fourth-order valence-electron chi connectivity index (χ4n) is 3.83. The Bertz CT molecular complexity index is 747. The van der Waals surface area contributed by atoms with E-state index in [1.54, 1.807) is 0 Å². The van der Waals surface area contributed by atoms with Crippen LogP contribution in [0.15, 0.2) is 60.7 Å². The van der Waals surface area contributed by atoms with E-state index in [-0.39, 0.29) is 6.09 Å². The van der Waals surface area contributed by atoms with Crippen molar-refractivity contribution in [3.63, 3.8) is 0 Å². The van der Waals surface area contributed by atoms with Gasteiger partial charge in [0.15, 0.2) is 0 Å². The van der Waals surface area contributed by atoms with Gasteiger partial charge in [-0.15, -0.1) is 0 Å². The molecule has 148 valence electrons. The van der Waals surface area contributed by atoms with E-state index < -0.39 is 0 Å². The molecule has 2 aromatic carbocycles. The lowest BCUT2D eigenvalue weighted by Gasteiger charge is -2.37. The van der Waals surface area contributed by atoms with Gasteiger partial charge in [0.2, 0.25) is 0 Å². The highest BCUT2D eigenvalue weighted by Crippen LogP contribution is 2.26. The molecule has 4 rings (SSSR count). The van der Waals surface area contributed by atoms with Crippen LogP contribution in [0.4, 0.5) is 4.79 Å². The standard InChI is InChI=1S/C23H28N2O3/c26-23(28-17-19-9-5-2-6-10-19)25-12-11-20(15-25)24-21-13-22(14-21)27-16-18-7-3-1-4-8-18/h1-10,20-22,24H,11-17H2/t20-,21?,22?/m0/s1. The molecule has 1 amide bonds. The van der Waals surface area contributed by atoms with Crippen molar-refractivity contribution < 1.29 is 14.3 Å². The molecule has 1 N–H and O–H groups in total. The normalized spacial score (nSPS) is 24.0. The Morgan fingerprint density at radius 1 is 0.929 bits per heavy atom. The Hall–Kier alpha value is -2.37. The average Bonchev–Trinajstić information content (AvgIpc) is 3.18. The molecule has 2 aromatic rings. The molecular weight excluding hydrogens is 352 g/mol. The summed E-state index contributed by atoms with van der Waals surface area (Å²) in [6, 6.07) is 20.9. The molecule has 0 aromatic heterocycles. The monoisotopic (exact) mass is 380 g/mol. The maximum Gasteiger partial charge on any atom is 0.410 e. The lowest BCUT2D eigenvalue weighted by atomic mass is 9.88. The third-order valence-corrected chi connectivity index (χ3v) is 5.55. The van der Waals surface area contributed by atoms with Crippen molar-refractivity contribution in [2.24, 2.45) is 0 Å². The molecule has 1 aliphatic heterocycles. The highest BCUT2D eigenvalue weighted by atomic mass is 16.6. The molecule has 2 fully saturated rings. The first-order valence-corrected chi connectivity index (χ1v) is 10.1. The van der Waals surface area contributed by atoms with Crippen LogP contribution in [0.5, 0.6) is 0 Å². The maximum atomic E-state index is 12.3. The van der Waals surface area contributed by atoms with Crippen LogP contribution >= 0.6 is 0 Å². The van der Waals surface area contributed by atoms with Crippen molar-refractivity contribution in [3.05, 3.63) is 71.8 Å². The van der Waals surface area contributed by atoms with Crippen LogP contribution in [0.2, 0.25) is 0 Å². The molecule has 1 heterocycles. The summed E-state index contributed by atoms with van der Waals surface area (Å²) in [7, 11) is 0. The summed E-state index contributed by atoms with van der Waals surface area (Å²) < 4.78 is 11.4. The van der Waals surface area contributed by atoms with Crippen LogP contribution in [-0.2, 0) is 22.7 Å². The Kier molecular flexibility index (Phi) is 6.24. The first-order chi connectivity index (χ1) is 13.8. The molecule has 5 heteroatoms. The molecule has 0 unspecified atom stereocenters. The number of ether oxygens (including phenoxy) is 2. The first kappa shape index (κ1) is 19.0. The number of benzene rings is 2. The fourth-order valence-corrected chi connectivity index (χ4v) is 3.83. The Labute approximate surface area is 166 Å². The topological polar surface area (TPSA) is 50.8 Å². The summed E-state index contributed by atoms with van der Waals surface area (Å²) in [5, 5.41) is 3.67. The van der Waals surface area contributed by atoms with Gasteiger partial charge in [-0.2, -0.15) is 0 Å². The highest BCUT2D eigenvalue weighted by molar-refractivity contribution is 5.68. The quantitative estimate of drug-likeness (QED) is 0.795. The average molecular weight is 380 g/mol. The zero-order chi connectivity index (χ0) is 19.2. The summed E-state index contributed by atoms with van der Waals surface area (Å²) in [5.74, 6) is 0. The van der Waals surface area contributed by atoms with Crippen molar-refractivity contribution in [1.82, 2.24) is 10.2 Å². The van der Waals surface area contributed by atoms with Gasteiger partial charge < -0.3 is 19.7 Å². The molecule has 1 saturated carbocycles. The van der Waals surface area contributed by atoms with E-state index >= 15 is 0 Å². The van der Waals surface area contributed by atoms with E-state index in [1.807, 2.05) is 53.4 Å². The minimum Gasteiger partial charge on any atom is -0.445 e. The number of nitrogens with zero attached hydrogens (tertiary/aromatic N) is 1. The SMILES string of the molecule is O=C(OCc1ccccc1)N1CC[C@H](NC2CC(OCc3ccccc3)C2)C1. The number of rotatable bonds is 7. The molecule has 1 saturated heterocycles. The van der Waals surface area contributed by atoms with Crippen molar-refractivity contribution in [2.45, 2.75) is 50.7 Å². The number of likely N-dealkylation sites (tertiary alicyclic amines) is 1. The van der Waals surface area contributed by atoms with Gasteiger partial charge in [0.1, 0.15) is 6.61 Å². The largest absolute Gasteiger partial charge is 0.445 e. The summed E-state index contributed by atoms with van der Waals surface area (Å²) in [6.07, 6.45) is 3.19. The van der Waals surface area contributed by atoms with E-state index in [0.29, 0.717) is 31.4 Å². The molecule has 0 spiro atoms. The van der Waals surface area contributed by atoms with E-state index in [4.69, 9.17) is 9.47 Å². The number of nitrogens with one attached hydrogen (secondary N) is 1. The van der Waals surface area contributed by atoms with Gasteiger partial charge in [0, 0.05) is 25.2 Å². The van der Waals surface area contributed by atoms with Crippen LogP contribution in [-0.4, -0.2) is 42.3 Å². The third kappa shape index (κ3) is 5.12. The highest BCUT2D eigenvalue weighted by Gasteiger charge is 2.34. The second-order valence-electron chi connectivity index (χ2n) is 7.73. The van der Waals surface area contributed by atoms with E-state index in [9.17, 15) is 4.79 Å². The smallest absolute Gasteiger partial charge is 0.410 e. The zero-order valence-electron chi connectivity index (χ0n) is 16.1. The third-order valence-electron chi connectivity index (χ3n) is 5.55.